The van der Waals surface area contributed by atoms with Gasteiger partial charge in [0.2, 0.25) is 5.91 Å². The van der Waals surface area contributed by atoms with E-state index < -0.39 is 0 Å². The molecule has 2 saturated heterocycles. The normalized spacial score (nSPS) is 21.2. The molecule has 2 heterocycles. The van der Waals surface area contributed by atoms with Gasteiger partial charge >= 0.3 is 0 Å². The molecule has 3 rings (SSSR count). The fourth-order valence-electron chi connectivity index (χ4n) is 3.16. The third-order valence-corrected chi connectivity index (χ3v) is 4.43. The Labute approximate surface area is 149 Å². The first-order valence-electron chi connectivity index (χ1n) is 7.74. The van der Waals surface area contributed by atoms with Crippen molar-refractivity contribution in [2.75, 3.05) is 44.2 Å². The zero-order valence-corrected chi connectivity index (χ0v) is 14.7. The van der Waals surface area contributed by atoms with E-state index in [2.05, 4.69) is 10.2 Å². The van der Waals surface area contributed by atoms with Gasteiger partial charge in [-0.05, 0) is 43.7 Å². The highest BCUT2D eigenvalue weighted by Gasteiger charge is 2.28. The smallest absolute Gasteiger partial charge is 0.227 e. The predicted octanol–water partition coefficient (Wildman–Crippen LogP) is 2.32. The number of amides is 1. The number of anilines is 1. The number of rotatable bonds is 2. The molecule has 23 heavy (non-hydrogen) atoms. The molecule has 0 aliphatic carbocycles. The van der Waals surface area contributed by atoms with Gasteiger partial charge in [0, 0.05) is 38.4 Å². The van der Waals surface area contributed by atoms with Crippen LogP contribution in [-0.2, 0) is 4.79 Å². The fraction of sp³-hybridized carbons (Fsp3) is 0.562. The number of benzene rings is 1. The summed E-state index contributed by atoms with van der Waals surface area (Å²) in [5.41, 5.74) is 1.03. The number of carbonyl (C=O) groups excluding carboxylic acids is 1. The van der Waals surface area contributed by atoms with E-state index in [-0.39, 0.29) is 36.5 Å². The van der Waals surface area contributed by atoms with Crippen molar-refractivity contribution in [3.63, 3.8) is 0 Å². The minimum atomic E-state index is -0.211. The summed E-state index contributed by atoms with van der Waals surface area (Å²) < 4.78 is 13.0. The van der Waals surface area contributed by atoms with Gasteiger partial charge in [0.1, 0.15) is 5.82 Å². The van der Waals surface area contributed by atoms with Crippen molar-refractivity contribution in [1.82, 2.24) is 10.2 Å². The molecule has 2 aliphatic heterocycles. The second kappa shape index (κ2) is 9.30. The van der Waals surface area contributed by atoms with Gasteiger partial charge in [0.05, 0.1) is 5.92 Å². The van der Waals surface area contributed by atoms with E-state index in [1.807, 2.05) is 4.90 Å². The molecule has 7 heteroatoms. The van der Waals surface area contributed by atoms with Gasteiger partial charge in [-0.1, -0.05) is 0 Å². The first-order valence-corrected chi connectivity index (χ1v) is 7.74. The lowest BCUT2D eigenvalue weighted by molar-refractivity contribution is -0.136. The van der Waals surface area contributed by atoms with Crippen LogP contribution in [-0.4, -0.2) is 50.1 Å². The van der Waals surface area contributed by atoms with Crippen LogP contribution in [0.25, 0.3) is 0 Å². The van der Waals surface area contributed by atoms with E-state index in [1.165, 1.54) is 12.1 Å². The molecule has 0 aromatic heterocycles. The van der Waals surface area contributed by atoms with Gasteiger partial charge < -0.3 is 15.1 Å². The lowest BCUT2D eigenvalue weighted by atomic mass is 9.98. The highest BCUT2D eigenvalue weighted by Crippen LogP contribution is 2.19. The maximum atomic E-state index is 13.0. The van der Waals surface area contributed by atoms with E-state index in [0.29, 0.717) is 5.91 Å². The molecule has 0 radical (unpaired) electrons. The highest BCUT2D eigenvalue weighted by atomic mass is 35.5. The average molecular weight is 364 g/mol. The summed E-state index contributed by atoms with van der Waals surface area (Å²) in [5.74, 6) is 0.231. The zero-order valence-electron chi connectivity index (χ0n) is 13.0. The van der Waals surface area contributed by atoms with Crippen LogP contribution in [0, 0.1) is 11.7 Å². The summed E-state index contributed by atoms with van der Waals surface area (Å²) in [7, 11) is 0. The predicted molar refractivity (Wildman–Crippen MR) is 95.3 cm³/mol. The summed E-state index contributed by atoms with van der Waals surface area (Å²) in [5, 5.41) is 3.30. The van der Waals surface area contributed by atoms with Crippen LogP contribution >= 0.6 is 24.8 Å². The molecule has 4 nitrogen and oxygen atoms in total. The largest absolute Gasteiger partial charge is 0.368 e. The van der Waals surface area contributed by atoms with E-state index in [0.717, 1.165) is 57.8 Å². The van der Waals surface area contributed by atoms with Crippen molar-refractivity contribution in [2.24, 2.45) is 5.92 Å². The van der Waals surface area contributed by atoms with Crippen molar-refractivity contribution < 1.29 is 9.18 Å². The molecule has 2 fully saturated rings. The Bertz CT molecular complexity index is 487. The van der Waals surface area contributed by atoms with Crippen LogP contribution in [0.3, 0.4) is 0 Å². The van der Waals surface area contributed by atoms with E-state index >= 15 is 0 Å². The molecule has 1 aromatic rings. The fourth-order valence-corrected chi connectivity index (χ4v) is 3.16. The summed E-state index contributed by atoms with van der Waals surface area (Å²) in [6, 6.07) is 6.58. The molecule has 1 amide bonds. The van der Waals surface area contributed by atoms with Crippen LogP contribution in [0.15, 0.2) is 24.3 Å². The van der Waals surface area contributed by atoms with Crippen LogP contribution < -0.4 is 10.2 Å². The van der Waals surface area contributed by atoms with Gasteiger partial charge in [-0.3, -0.25) is 4.79 Å². The number of piperazine rings is 1. The Balaban J connectivity index is 0.00000132. The van der Waals surface area contributed by atoms with Gasteiger partial charge in [-0.15, -0.1) is 24.8 Å². The minimum Gasteiger partial charge on any atom is -0.368 e. The molecule has 0 bridgehead atoms. The number of hydrogen-bond donors (Lipinski definition) is 1. The first-order chi connectivity index (χ1) is 10.2. The quantitative estimate of drug-likeness (QED) is 0.875. The molecule has 1 atom stereocenters. The maximum Gasteiger partial charge on any atom is 0.227 e. The van der Waals surface area contributed by atoms with E-state index in [9.17, 15) is 9.18 Å². The monoisotopic (exact) mass is 363 g/mol. The molecular weight excluding hydrogens is 340 g/mol. The number of hydrogen-bond acceptors (Lipinski definition) is 3. The molecule has 130 valence electrons. The Kier molecular flexibility index (Phi) is 8.09. The van der Waals surface area contributed by atoms with Crippen LogP contribution in [0.2, 0.25) is 0 Å². The van der Waals surface area contributed by atoms with E-state index in [1.54, 1.807) is 12.1 Å². The second-order valence-corrected chi connectivity index (χ2v) is 5.83. The third kappa shape index (κ3) is 4.96. The molecule has 2 aliphatic rings. The standard InChI is InChI=1S/C16H22FN3O.2ClH/c17-14-3-5-15(6-4-14)19-8-10-20(11-9-19)16(21)13-2-1-7-18-12-13;;/h3-6,13,18H,1-2,7-12H2;2*1H/t13-;;/m1../s1. The number of nitrogens with zero attached hydrogens (tertiary/aromatic N) is 2. The number of carbonyl (C=O) groups is 1. The molecule has 0 saturated carbocycles. The van der Waals surface area contributed by atoms with Crippen LogP contribution in [0.1, 0.15) is 12.8 Å². The SMILES string of the molecule is Cl.Cl.O=C([C@@H]1CCCNC1)N1CCN(c2ccc(F)cc2)CC1. The Morgan fingerprint density at radius 2 is 1.74 bits per heavy atom. The third-order valence-electron chi connectivity index (χ3n) is 4.43. The van der Waals surface area contributed by atoms with Crippen molar-refractivity contribution >= 4 is 36.4 Å². The van der Waals surface area contributed by atoms with E-state index in [4.69, 9.17) is 0 Å². The van der Waals surface area contributed by atoms with Crippen LogP contribution in [0.4, 0.5) is 10.1 Å². The number of halogens is 3. The molecule has 0 spiro atoms. The summed E-state index contributed by atoms with van der Waals surface area (Å²) >= 11 is 0. The summed E-state index contributed by atoms with van der Waals surface area (Å²) in [6.45, 7) is 4.99. The molecule has 1 aromatic carbocycles. The van der Waals surface area contributed by atoms with Gasteiger partial charge in [-0.2, -0.15) is 0 Å². The molecule has 0 unspecified atom stereocenters. The van der Waals surface area contributed by atoms with Gasteiger partial charge in [0.25, 0.3) is 0 Å². The zero-order chi connectivity index (χ0) is 14.7. The minimum absolute atomic E-state index is 0. The second-order valence-electron chi connectivity index (χ2n) is 5.83. The average Bonchev–Trinajstić information content (AvgIpc) is 2.56. The Hall–Kier alpha value is -1.04. The number of piperidine rings is 1. The number of nitrogens with one attached hydrogen (secondary N) is 1. The maximum absolute atomic E-state index is 13.0. The highest BCUT2D eigenvalue weighted by molar-refractivity contribution is 5.85. The van der Waals surface area contributed by atoms with Crippen molar-refractivity contribution in [2.45, 2.75) is 12.8 Å². The van der Waals surface area contributed by atoms with Crippen LogP contribution in [0.5, 0.6) is 0 Å². The lowest BCUT2D eigenvalue weighted by Crippen LogP contribution is -2.52. The Morgan fingerprint density at radius 1 is 1.09 bits per heavy atom. The van der Waals surface area contributed by atoms with Gasteiger partial charge in [-0.25, -0.2) is 4.39 Å². The summed E-state index contributed by atoms with van der Waals surface area (Å²) in [4.78, 5) is 16.7. The Morgan fingerprint density at radius 3 is 2.30 bits per heavy atom. The van der Waals surface area contributed by atoms with Crippen molar-refractivity contribution in [3.8, 4) is 0 Å². The topological polar surface area (TPSA) is 35.6 Å². The van der Waals surface area contributed by atoms with Crippen molar-refractivity contribution in [1.29, 1.82) is 0 Å². The van der Waals surface area contributed by atoms with Crippen molar-refractivity contribution in [3.05, 3.63) is 30.1 Å². The molecule has 1 N–H and O–H groups in total. The lowest BCUT2D eigenvalue weighted by Gasteiger charge is -2.38. The van der Waals surface area contributed by atoms with Gasteiger partial charge in [0.15, 0.2) is 0 Å². The molecular formula is C16H24Cl2FN3O. The summed E-state index contributed by atoms with van der Waals surface area (Å²) in [6.07, 6.45) is 2.09. The first kappa shape index (κ1) is 20.0.